The van der Waals surface area contributed by atoms with Gasteiger partial charge in [-0.25, -0.2) is 4.98 Å². The Balaban J connectivity index is 0.00000233. The molecule has 0 saturated heterocycles. The number of fused-ring (bicyclic) bond motifs is 1. The number of carbonyl (C=O) groups is 1. The maximum Gasteiger partial charge on any atom is 0.160 e. The lowest BCUT2D eigenvalue weighted by Crippen LogP contribution is -2.13. The van der Waals surface area contributed by atoms with Gasteiger partial charge in [-0.3, -0.25) is 9.79 Å². The lowest BCUT2D eigenvalue weighted by atomic mass is 10.1. The number of allylic oxidation sites excluding steroid dienone is 4. The van der Waals surface area contributed by atoms with Gasteiger partial charge >= 0.3 is 0 Å². The van der Waals surface area contributed by atoms with Gasteiger partial charge in [0.1, 0.15) is 4.83 Å². The molecule has 0 unspecified atom stereocenters. The van der Waals surface area contributed by atoms with Crippen molar-refractivity contribution in [2.45, 2.75) is 34.2 Å². The smallest absolute Gasteiger partial charge is 0.160 e. The molecule has 0 amide bonds. The Hall–Kier alpha value is -2.38. The van der Waals surface area contributed by atoms with Crippen molar-refractivity contribution in [2.75, 3.05) is 32.3 Å². The van der Waals surface area contributed by atoms with E-state index in [1.165, 1.54) is 11.3 Å². The van der Waals surface area contributed by atoms with Crippen LogP contribution in [0.15, 0.2) is 46.5 Å². The van der Waals surface area contributed by atoms with Crippen LogP contribution in [0.5, 0.6) is 0 Å². The van der Waals surface area contributed by atoms with Gasteiger partial charge in [-0.15, -0.1) is 23.1 Å². The zero-order chi connectivity index (χ0) is 23.6. The van der Waals surface area contributed by atoms with Crippen molar-refractivity contribution in [3.05, 3.63) is 57.6 Å². The number of hydrogen-bond donors (Lipinski definition) is 0. The SMILES string of the molecule is C=C/C(=C\C=C(/C)N(C)C=NCc1c(C=O)sc2nc(C)cc(N(C)C)c12)SC.CC. The Morgan fingerprint density at radius 2 is 1.97 bits per heavy atom. The summed E-state index contributed by atoms with van der Waals surface area (Å²) in [6.07, 6.45) is 10.6. The predicted molar refractivity (Wildman–Crippen MR) is 141 cm³/mol. The number of aldehydes is 1. The van der Waals surface area contributed by atoms with Gasteiger partial charge in [0.05, 0.1) is 17.8 Å². The average Bonchev–Trinajstić information content (AvgIpc) is 3.12. The molecule has 2 rings (SSSR count). The summed E-state index contributed by atoms with van der Waals surface area (Å²) in [6, 6.07) is 2.05. The van der Waals surface area contributed by atoms with Crippen molar-refractivity contribution in [2.24, 2.45) is 4.99 Å². The summed E-state index contributed by atoms with van der Waals surface area (Å²) in [5.41, 5.74) is 3.98. The van der Waals surface area contributed by atoms with Crippen LogP contribution in [0.25, 0.3) is 10.2 Å². The minimum absolute atomic E-state index is 0.426. The third kappa shape index (κ3) is 7.08. The molecule has 0 aliphatic rings. The molecule has 2 aromatic rings. The van der Waals surface area contributed by atoms with E-state index in [-0.39, 0.29) is 0 Å². The number of rotatable bonds is 9. The first-order valence-electron chi connectivity index (χ1n) is 10.2. The Kier molecular flexibility index (Phi) is 11.3. The van der Waals surface area contributed by atoms with Gasteiger partial charge in [0, 0.05) is 54.1 Å². The third-order valence-electron chi connectivity index (χ3n) is 4.47. The van der Waals surface area contributed by atoms with Gasteiger partial charge in [0.25, 0.3) is 0 Å². The molecule has 0 bridgehead atoms. The fourth-order valence-electron chi connectivity index (χ4n) is 2.76. The number of nitrogens with zero attached hydrogens (tertiary/aromatic N) is 4. The molecule has 0 aliphatic carbocycles. The van der Waals surface area contributed by atoms with Crippen LogP contribution < -0.4 is 4.90 Å². The lowest BCUT2D eigenvalue weighted by molar-refractivity contribution is 0.112. The highest BCUT2D eigenvalue weighted by Crippen LogP contribution is 2.36. The monoisotopic (exact) mass is 458 g/mol. The van der Waals surface area contributed by atoms with Crippen molar-refractivity contribution in [3.8, 4) is 0 Å². The molecular formula is C24H34N4OS2. The van der Waals surface area contributed by atoms with Gasteiger partial charge in [0.15, 0.2) is 6.29 Å². The van der Waals surface area contributed by atoms with Crippen molar-refractivity contribution in [1.82, 2.24) is 9.88 Å². The molecule has 0 aliphatic heterocycles. The van der Waals surface area contributed by atoms with Crippen LogP contribution in [0.4, 0.5) is 5.69 Å². The maximum absolute atomic E-state index is 11.7. The van der Waals surface area contributed by atoms with Crippen molar-refractivity contribution in [1.29, 1.82) is 0 Å². The standard InChI is InChI=1S/C22H28N4OS2.C2H6/c1-8-17(28-7)10-9-16(3)26(6)14-23-12-18-20(13-27)29-22-21(18)19(25(4)5)11-15(2)24-22;1-2/h8-11,13-14H,1,12H2,2-7H3;1-2H3/b16-9+,17-10+,23-14?;. The van der Waals surface area contributed by atoms with Crippen molar-refractivity contribution >= 4 is 51.6 Å². The van der Waals surface area contributed by atoms with E-state index in [4.69, 9.17) is 0 Å². The summed E-state index contributed by atoms with van der Waals surface area (Å²) in [4.78, 5) is 27.6. The van der Waals surface area contributed by atoms with Gasteiger partial charge in [-0.2, -0.15) is 0 Å². The Labute approximate surface area is 195 Å². The average molecular weight is 459 g/mol. The number of thioether (sulfide) groups is 1. The first kappa shape index (κ1) is 26.7. The molecule has 0 spiro atoms. The molecule has 5 nitrogen and oxygen atoms in total. The van der Waals surface area contributed by atoms with E-state index < -0.39 is 0 Å². The van der Waals surface area contributed by atoms with E-state index in [0.29, 0.717) is 11.4 Å². The highest BCUT2D eigenvalue weighted by Gasteiger charge is 2.17. The van der Waals surface area contributed by atoms with Crippen molar-refractivity contribution < 1.29 is 4.79 Å². The molecule has 7 heteroatoms. The molecule has 0 atom stereocenters. The first-order chi connectivity index (χ1) is 14.8. The summed E-state index contributed by atoms with van der Waals surface area (Å²) in [5, 5.41) is 1.01. The van der Waals surface area contributed by atoms with Crippen molar-refractivity contribution in [3.63, 3.8) is 0 Å². The van der Waals surface area contributed by atoms with Crippen LogP contribution in [0.3, 0.4) is 0 Å². The number of pyridine rings is 1. The summed E-state index contributed by atoms with van der Waals surface area (Å²) in [6.45, 7) is 12.2. The number of hydrogen-bond acceptors (Lipinski definition) is 6. The summed E-state index contributed by atoms with van der Waals surface area (Å²) >= 11 is 3.08. The van der Waals surface area contributed by atoms with E-state index >= 15 is 0 Å². The molecule has 0 aromatic carbocycles. The largest absolute Gasteiger partial charge is 0.377 e. The molecule has 2 aromatic heterocycles. The van der Waals surface area contributed by atoms with Gasteiger partial charge in [-0.05, 0) is 38.3 Å². The second-order valence-corrected chi connectivity index (χ2v) is 8.68. The zero-order valence-electron chi connectivity index (χ0n) is 19.9. The highest BCUT2D eigenvalue weighted by atomic mass is 32.2. The summed E-state index contributed by atoms with van der Waals surface area (Å²) in [7, 11) is 5.96. The molecular weight excluding hydrogens is 424 g/mol. The molecule has 168 valence electrons. The number of aryl methyl sites for hydroxylation is 1. The number of aliphatic imine (C=N–C) groups is 1. The normalized spacial score (nSPS) is 12.0. The Bertz CT molecular complexity index is 987. The van der Waals surface area contributed by atoms with Crippen LogP contribution in [0.1, 0.15) is 41.7 Å². The topological polar surface area (TPSA) is 48.8 Å². The van der Waals surface area contributed by atoms with Crippen LogP contribution >= 0.6 is 23.1 Å². The van der Waals surface area contributed by atoms with Gasteiger partial charge in [0.2, 0.25) is 0 Å². The fraction of sp³-hybridized carbons (Fsp3) is 0.375. The number of anilines is 1. The van der Waals surface area contributed by atoms with Gasteiger partial charge in [-0.1, -0.05) is 26.5 Å². The molecule has 0 radical (unpaired) electrons. The van der Waals surface area contributed by atoms with E-state index in [2.05, 4.69) is 21.5 Å². The molecule has 0 fully saturated rings. The van der Waals surface area contributed by atoms with Crippen LogP contribution in [-0.4, -0.2) is 49.9 Å². The Morgan fingerprint density at radius 3 is 2.52 bits per heavy atom. The van der Waals surface area contributed by atoms with E-state index in [0.717, 1.165) is 44.0 Å². The third-order valence-corrected chi connectivity index (χ3v) is 6.30. The van der Waals surface area contributed by atoms with E-state index in [1.807, 2.05) is 84.3 Å². The van der Waals surface area contributed by atoms with Crippen LogP contribution in [0.2, 0.25) is 0 Å². The summed E-state index contributed by atoms with van der Waals surface area (Å²) < 4.78 is 0. The zero-order valence-corrected chi connectivity index (χ0v) is 21.5. The predicted octanol–water partition coefficient (Wildman–Crippen LogP) is 6.31. The number of carbonyl (C=O) groups excluding carboxylic acids is 1. The van der Waals surface area contributed by atoms with E-state index in [1.54, 1.807) is 18.1 Å². The maximum atomic E-state index is 11.7. The Morgan fingerprint density at radius 1 is 1.29 bits per heavy atom. The summed E-state index contributed by atoms with van der Waals surface area (Å²) in [5.74, 6) is 0. The number of thiophene rings is 1. The molecule has 0 N–H and O–H groups in total. The second-order valence-electron chi connectivity index (χ2n) is 6.77. The fourth-order valence-corrected chi connectivity index (χ4v) is 4.20. The molecule has 0 saturated carbocycles. The quantitative estimate of drug-likeness (QED) is 0.191. The van der Waals surface area contributed by atoms with Crippen LogP contribution in [-0.2, 0) is 6.54 Å². The minimum Gasteiger partial charge on any atom is -0.377 e. The van der Waals surface area contributed by atoms with Crippen LogP contribution in [0, 0.1) is 6.92 Å². The van der Waals surface area contributed by atoms with Gasteiger partial charge < -0.3 is 9.80 Å². The lowest BCUT2D eigenvalue weighted by Gasteiger charge is -2.16. The van der Waals surface area contributed by atoms with E-state index in [9.17, 15) is 4.79 Å². The molecule has 2 heterocycles. The number of aromatic nitrogens is 1. The first-order valence-corrected chi connectivity index (χ1v) is 12.2. The highest BCUT2D eigenvalue weighted by molar-refractivity contribution is 8.02. The minimum atomic E-state index is 0.426. The molecule has 31 heavy (non-hydrogen) atoms. The second kappa shape index (κ2) is 13.1.